The Morgan fingerprint density at radius 1 is 1.26 bits per heavy atom. The normalized spacial score (nSPS) is 17.9. The summed E-state index contributed by atoms with van der Waals surface area (Å²) < 4.78 is 84.2. The molecule has 1 aliphatic rings. The van der Waals surface area contributed by atoms with Crippen molar-refractivity contribution in [2.75, 3.05) is 6.61 Å². The van der Waals surface area contributed by atoms with Gasteiger partial charge in [0, 0.05) is 0 Å². The molecule has 0 amide bonds. The van der Waals surface area contributed by atoms with Gasteiger partial charge in [-0.1, -0.05) is 6.42 Å². The molecule has 0 heterocycles. The lowest BCUT2D eigenvalue weighted by atomic mass is 9.86. The Labute approximate surface area is 106 Å². The third-order valence-corrected chi connectivity index (χ3v) is 3.80. The van der Waals surface area contributed by atoms with Crippen LogP contribution in [-0.4, -0.2) is 36.7 Å². The molecule has 0 aromatic rings. The molecule has 1 N–H and O–H groups in total. The lowest BCUT2D eigenvalue weighted by Crippen LogP contribution is -2.47. The predicted octanol–water partition coefficient (Wildman–Crippen LogP) is 1.84. The SMILES string of the molecule is O=C(OCCC(F)(F)C(F)(F)S(=O)(=O)O)C1CCC1. The first-order valence-corrected chi connectivity index (χ1v) is 6.82. The molecule has 10 heteroatoms. The van der Waals surface area contributed by atoms with E-state index in [1.54, 1.807) is 0 Å². The van der Waals surface area contributed by atoms with E-state index in [4.69, 9.17) is 4.55 Å². The molecule has 0 unspecified atom stereocenters. The molecule has 0 aromatic heterocycles. The van der Waals surface area contributed by atoms with E-state index in [1.807, 2.05) is 0 Å². The van der Waals surface area contributed by atoms with Crippen LogP contribution in [0.4, 0.5) is 17.6 Å². The molecule has 1 saturated carbocycles. The Morgan fingerprint density at radius 3 is 2.16 bits per heavy atom. The van der Waals surface area contributed by atoms with Gasteiger partial charge in [-0.25, -0.2) is 0 Å². The molecule has 0 aromatic carbocycles. The lowest BCUT2D eigenvalue weighted by Gasteiger charge is -2.25. The van der Waals surface area contributed by atoms with Crippen LogP contribution in [0.15, 0.2) is 0 Å². The molecule has 0 saturated heterocycles. The molecule has 0 aliphatic heterocycles. The van der Waals surface area contributed by atoms with Crippen molar-refractivity contribution in [3.05, 3.63) is 0 Å². The molecular weight excluding hydrogens is 296 g/mol. The highest BCUT2D eigenvalue weighted by Crippen LogP contribution is 2.40. The summed E-state index contributed by atoms with van der Waals surface area (Å²) in [7, 11) is -6.24. The van der Waals surface area contributed by atoms with Crippen molar-refractivity contribution in [1.82, 2.24) is 0 Å². The highest BCUT2D eigenvalue weighted by Gasteiger charge is 2.65. The van der Waals surface area contributed by atoms with Crippen LogP contribution >= 0.6 is 0 Å². The second kappa shape index (κ2) is 5.23. The number of hydrogen-bond donors (Lipinski definition) is 1. The van der Waals surface area contributed by atoms with Gasteiger partial charge in [0.2, 0.25) is 0 Å². The van der Waals surface area contributed by atoms with Gasteiger partial charge in [0.15, 0.2) is 0 Å². The third-order valence-electron chi connectivity index (χ3n) is 2.85. The minimum atomic E-state index is -6.24. The third kappa shape index (κ3) is 3.35. The summed E-state index contributed by atoms with van der Waals surface area (Å²) in [5.74, 6) is -6.20. The van der Waals surface area contributed by atoms with E-state index in [1.165, 1.54) is 0 Å². The van der Waals surface area contributed by atoms with Crippen molar-refractivity contribution in [3.63, 3.8) is 0 Å². The highest BCUT2D eigenvalue weighted by atomic mass is 32.2. The van der Waals surface area contributed by atoms with Gasteiger partial charge in [-0.05, 0) is 12.8 Å². The maximum absolute atomic E-state index is 13.0. The van der Waals surface area contributed by atoms with Gasteiger partial charge in [0.05, 0.1) is 18.9 Å². The fraction of sp³-hybridized carbons (Fsp3) is 0.889. The van der Waals surface area contributed by atoms with Crippen LogP contribution in [0, 0.1) is 5.92 Å². The van der Waals surface area contributed by atoms with E-state index >= 15 is 0 Å². The molecule has 1 rings (SSSR count). The zero-order valence-corrected chi connectivity index (χ0v) is 10.4. The average Bonchev–Trinajstić information content (AvgIpc) is 2.12. The number of rotatable bonds is 6. The standard InChI is InChI=1S/C9H12F4O5S/c10-8(11,9(12,13)19(15,16)17)4-5-18-7(14)6-2-1-3-6/h6H,1-5H2,(H,15,16,17). The molecular formula is C9H12F4O5S. The zero-order valence-electron chi connectivity index (χ0n) is 9.61. The summed E-state index contributed by atoms with van der Waals surface area (Å²) in [4.78, 5) is 11.1. The lowest BCUT2D eigenvalue weighted by molar-refractivity contribution is -0.176. The van der Waals surface area contributed by atoms with E-state index in [9.17, 15) is 30.8 Å². The van der Waals surface area contributed by atoms with Gasteiger partial charge in [-0.15, -0.1) is 0 Å². The summed E-state index contributed by atoms with van der Waals surface area (Å²) in [6.45, 7) is -1.05. The number of esters is 1. The van der Waals surface area contributed by atoms with Gasteiger partial charge in [0.1, 0.15) is 0 Å². The van der Waals surface area contributed by atoms with Gasteiger partial charge in [-0.3, -0.25) is 9.35 Å². The molecule has 5 nitrogen and oxygen atoms in total. The maximum atomic E-state index is 13.0. The average molecular weight is 308 g/mol. The number of halogens is 4. The zero-order chi connectivity index (χ0) is 14.9. The second-order valence-electron chi connectivity index (χ2n) is 4.24. The Morgan fingerprint density at radius 2 is 1.79 bits per heavy atom. The van der Waals surface area contributed by atoms with Crippen LogP contribution in [0.5, 0.6) is 0 Å². The van der Waals surface area contributed by atoms with Crippen molar-refractivity contribution in [1.29, 1.82) is 0 Å². The predicted molar refractivity (Wildman–Crippen MR) is 54.4 cm³/mol. The van der Waals surface area contributed by atoms with Crippen LogP contribution < -0.4 is 0 Å². The minimum Gasteiger partial charge on any atom is -0.465 e. The van der Waals surface area contributed by atoms with Crippen LogP contribution in [0.1, 0.15) is 25.7 Å². The van der Waals surface area contributed by atoms with E-state index in [0.29, 0.717) is 12.8 Å². The molecule has 1 aliphatic carbocycles. The molecule has 0 atom stereocenters. The van der Waals surface area contributed by atoms with Crippen LogP contribution in [0.3, 0.4) is 0 Å². The minimum absolute atomic E-state index is 0.407. The number of hydrogen-bond acceptors (Lipinski definition) is 4. The van der Waals surface area contributed by atoms with Gasteiger partial charge < -0.3 is 4.74 Å². The fourth-order valence-corrected chi connectivity index (χ4v) is 1.86. The monoisotopic (exact) mass is 308 g/mol. The fourth-order valence-electron chi connectivity index (χ4n) is 1.38. The van der Waals surface area contributed by atoms with Crippen LogP contribution in [0.2, 0.25) is 0 Å². The van der Waals surface area contributed by atoms with Crippen molar-refractivity contribution < 1.29 is 40.1 Å². The second-order valence-corrected chi connectivity index (χ2v) is 5.70. The molecule has 1 fully saturated rings. The number of carbonyl (C=O) groups is 1. The molecule has 112 valence electrons. The Hall–Kier alpha value is -0.900. The van der Waals surface area contributed by atoms with Crippen molar-refractivity contribution >= 4 is 16.1 Å². The Bertz CT molecular complexity index is 444. The van der Waals surface area contributed by atoms with Crippen molar-refractivity contribution in [2.45, 2.75) is 36.9 Å². The van der Waals surface area contributed by atoms with E-state index < -0.39 is 46.2 Å². The first-order chi connectivity index (χ1) is 8.49. The molecule has 19 heavy (non-hydrogen) atoms. The van der Waals surface area contributed by atoms with Gasteiger partial charge >= 0.3 is 27.3 Å². The first kappa shape index (κ1) is 16.2. The first-order valence-electron chi connectivity index (χ1n) is 5.38. The van der Waals surface area contributed by atoms with E-state index in [2.05, 4.69) is 4.74 Å². The summed E-state index contributed by atoms with van der Waals surface area (Å²) >= 11 is 0. The van der Waals surface area contributed by atoms with Gasteiger partial charge in [-0.2, -0.15) is 26.0 Å². The number of ether oxygens (including phenoxy) is 1. The van der Waals surface area contributed by atoms with E-state index in [-0.39, 0.29) is 0 Å². The summed E-state index contributed by atoms with van der Waals surface area (Å²) in [5.41, 5.74) is 0. The topological polar surface area (TPSA) is 80.7 Å². The quantitative estimate of drug-likeness (QED) is 0.460. The largest absolute Gasteiger partial charge is 0.465 e. The Kier molecular flexibility index (Phi) is 4.45. The van der Waals surface area contributed by atoms with Crippen LogP contribution in [-0.2, 0) is 19.6 Å². The smallest absolute Gasteiger partial charge is 0.431 e. The number of alkyl halides is 4. The maximum Gasteiger partial charge on any atom is 0.431 e. The molecule has 0 bridgehead atoms. The van der Waals surface area contributed by atoms with Gasteiger partial charge in [0.25, 0.3) is 0 Å². The van der Waals surface area contributed by atoms with Crippen molar-refractivity contribution in [2.24, 2.45) is 5.92 Å². The van der Waals surface area contributed by atoms with Crippen molar-refractivity contribution in [3.8, 4) is 0 Å². The van der Waals surface area contributed by atoms with Crippen LogP contribution in [0.25, 0.3) is 0 Å². The summed E-state index contributed by atoms with van der Waals surface area (Å²) in [6.07, 6.45) is 0.210. The number of carbonyl (C=O) groups excluding carboxylic acids is 1. The van der Waals surface area contributed by atoms with E-state index in [0.717, 1.165) is 6.42 Å². The molecule has 0 radical (unpaired) electrons. The summed E-state index contributed by atoms with van der Waals surface area (Å²) in [5, 5.41) is -5.62. The summed E-state index contributed by atoms with van der Waals surface area (Å²) in [6, 6.07) is 0. The molecule has 0 spiro atoms. The Balaban J connectivity index is 2.53. The highest BCUT2D eigenvalue weighted by molar-refractivity contribution is 7.87.